The summed E-state index contributed by atoms with van der Waals surface area (Å²) in [5.41, 5.74) is -0.350. The van der Waals surface area contributed by atoms with Crippen LogP contribution in [0.4, 0.5) is 0 Å². The molecule has 0 unspecified atom stereocenters. The monoisotopic (exact) mass is 359 g/mol. The number of carboxylic acid groups (broad SMARTS) is 1. The molecule has 26 heavy (non-hydrogen) atoms. The highest BCUT2D eigenvalue weighted by molar-refractivity contribution is 5.88. The number of hydrogen-bond donors (Lipinski definition) is 2. The Balaban J connectivity index is 1.69. The molecule has 2 N–H and O–H groups in total. The summed E-state index contributed by atoms with van der Waals surface area (Å²) in [5, 5.41) is 19.7. The van der Waals surface area contributed by atoms with Gasteiger partial charge in [0.25, 0.3) is 0 Å². The van der Waals surface area contributed by atoms with Crippen molar-refractivity contribution in [3.8, 4) is 23.8 Å². The summed E-state index contributed by atoms with van der Waals surface area (Å²) < 4.78 is 10.7. The molecule has 8 heteroatoms. The highest BCUT2D eigenvalue weighted by Crippen LogP contribution is 2.37. The zero-order valence-corrected chi connectivity index (χ0v) is 14.5. The zero-order chi connectivity index (χ0) is 19.0. The molecule has 1 amide bonds. The van der Waals surface area contributed by atoms with E-state index in [1.165, 1.54) is 25.3 Å². The Hall–Kier alpha value is -3.08. The Kier molecular flexibility index (Phi) is 6.55. The van der Waals surface area contributed by atoms with Crippen molar-refractivity contribution in [1.29, 1.82) is 0 Å². The maximum absolute atomic E-state index is 11.9. The molecule has 1 aromatic carbocycles. The number of carboxylic acids is 1. The van der Waals surface area contributed by atoms with Gasteiger partial charge in [0.2, 0.25) is 5.91 Å². The topological polar surface area (TPSA) is 110 Å². The van der Waals surface area contributed by atoms with Crippen molar-refractivity contribution >= 4 is 11.9 Å². The van der Waals surface area contributed by atoms with Gasteiger partial charge < -0.3 is 19.9 Å². The van der Waals surface area contributed by atoms with Gasteiger partial charge in [-0.25, -0.2) is 4.79 Å². The van der Waals surface area contributed by atoms with Crippen molar-refractivity contribution in [1.82, 2.24) is 5.32 Å². The van der Waals surface area contributed by atoms with Crippen LogP contribution in [0.5, 0.6) is 11.5 Å². The van der Waals surface area contributed by atoms with Gasteiger partial charge in [-0.1, -0.05) is 0 Å². The van der Waals surface area contributed by atoms with Crippen molar-refractivity contribution in [3.63, 3.8) is 0 Å². The van der Waals surface area contributed by atoms with Crippen LogP contribution < -0.4 is 14.8 Å². The van der Waals surface area contributed by atoms with E-state index in [9.17, 15) is 9.59 Å². The molecular formula is C18H21N3O5. The van der Waals surface area contributed by atoms with Gasteiger partial charge in [0, 0.05) is 25.7 Å². The summed E-state index contributed by atoms with van der Waals surface area (Å²) in [6, 6.07) is 4.33. The van der Waals surface area contributed by atoms with Crippen LogP contribution in [0.2, 0.25) is 0 Å². The number of nitrogens with one attached hydrogen (secondary N) is 1. The molecule has 0 radical (unpaired) electrons. The second-order valence-electron chi connectivity index (χ2n) is 5.76. The van der Waals surface area contributed by atoms with Crippen LogP contribution >= 0.6 is 0 Å². The van der Waals surface area contributed by atoms with Crippen molar-refractivity contribution in [3.05, 3.63) is 23.8 Å². The third kappa shape index (κ3) is 5.48. The van der Waals surface area contributed by atoms with E-state index in [4.69, 9.17) is 21.0 Å². The van der Waals surface area contributed by atoms with Gasteiger partial charge >= 0.3 is 5.97 Å². The summed E-state index contributed by atoms with van der Waals surface area (Å²) in [6.07, 6.45) is 7.35. The summed E-state index contributed by atoms with van der Waals surface area (Å²) >= 11 is 0. The third-order valence-electron chi connectivity index (χ3n) is 3.90. The summed E-state index contributed by atoms with van der Waals surface area (Å²) in [5.74, 6) is 2.13. The number of terminal acetylenes is 1. The Morgan fingerprint density at radius 3 is 2.69 bits per heavy atom. The largest absolute Gasteiger partial charge is 0.493 e. The number of rotatable bonds is 11. The fourth-order valence-electron chi connectivity index (χ4n) is 2.34. The predicted octanol–water partition coefficient (Wildman–Crippen LogP) is 2.24. The molecule has 1 heterocycles. The van der Waals surface area contributed by atoms with Crippen LogP contribution in [0, 0.1) is 12.3 Å². The number of ether oxygens (including phenoxy) is 2. The third-order valence-corrected chi connectivity index (χ3v) is 3.90. The van der Waals surface area contributed by atoms with E-state index in [0.717, 1.165) is 0 Å². The van der Waals surface area contributed by atoms with Crippen LogP contribution in [0.3, 0.4) is 0 Å². The first-order valence-electron chi connectivity index (χ1n) is 8.18. The van der Waals surface area contributed by atoms with Crippen molar-refractivity contribution in [2.75, 3.05) is 20.3 Å². The van der Waals surface area contributed by atoms with Crippen molar-refractivity contribution < 1.29 is 24.2 Å². The molecule has 8 nitrogen and oxygen atoms in total. The molecule has 0 aliphatic carbocycles. The van der Waals surface area contributed by atoms with E-state index in [0.29, 0.717) is 43.7 Å². The summed E-state index contributed by atoms with van der Waals surface area (Å²) in [4.78, 5) is 22.8. The fraction of sp³-hybridized carbons (Fsp3) is 0.444. The number of carbonyl (C=O) groups excluding carboxylic acids is 1. The van der Waals surface area contributed by atoms with E-state index in [1.807, 2.05) is 0 Å². The van der Waals surface area contributed by atoms with Crippen LogP contribution in [0.25, 0.3) is 0 Å². The fourth-order valence-corrected chi connectivity index (χ4v) is 2.34. The van der Waals surface area contributed by atoms with Gasteiger partial charge in [-0.15, -0.1) is 12.3 Å². The maximum Gasteiger partial charge on any atom is 0.335 e. The maximum atomic E-state index is 11.9. The first kappa shape index (κ1) is 19.2. The van der Waals surface area contributed by atoms with Gasteiger partial charge in [0.1, 0.15) is 6.61 Å². The highest BCUT2D eigenvalue weighted by atomic mass is 16.5. The molecule has 0 fully saturated rings. The smallest absolute Gasteiger partial charge is 0.335 e. The van der Waals surface area contributed by atoms with E-state index < -0.39 is 11.6 Å². The molecule has 0 aromatic heterocycles. The number of hydrogen-bond acceptors (Lipinski definition) is 6. The minimum atomic E-state index is -1.05. The predicted molar refractivity (Wildman–Crippen MR) is 93.3 cm³/mol. The summed E-state index contributed by atoms with van der Waals surface area (Å²) in [7, 11) is 1.43. The number of aromatic carboxylic acids is 1. The minimum Gasteiger partial charge on any atom is -0.493 e. The first-order valence-corrected chi connectivity index (χ1v) is 8.18. The second kappa shape index (κ2) is 8.85. The molecule has 0 spiro atoms. The molecule has 1 aromatic rings. The Morgan fingerprint density at radius 1 is 1.31 bits per heavy atom. The van der Waals surface area contributed by atoms with Crippen LogP contribution in [-0.4, -0.2) is 42.9 Å². The number of amides is 1. The Bertz CT molecular complexity index is 733. The Labute approximate surface area is 151 Å². The SMILES string of the molecule is C#CCCC1(CCC(=O)NCCOc2ccc(C(=O)O)cc2OC)N=N1. The molecule has 0 bridgehead atoms. The molecule has 0 atom stereocenters. The van der Waals surface area contributed by atoms with E-state index >= 15 is 0 Å². The highest BCUT2D eigenvalue weighted by Gasteiger charge is 2.39. The zero-order valence-electron chi connectivity index (χ0n) is 14.5. The normalized spacial score (nSPS) is 13.5. The van der Waals surface area contributed by atoms with E-state index in [-0.39, 0.29) is 18.1 Å². The van der Waals surface area contributed by atoms with Crippen LogP contribution in [0.15, 0.2) is 28.4 Å². The molecule has 138 valence electrons. The van der Waals surface area contributed by atoms with Gasteiger partial charge in [-0.3, -0.25) is 4.79 Å². The quantitative estimate of drug-likeness (QED) is 0.465. The molecule has 1 aliphatic rings. The average Bonchev–Trinajstić information content (AvgIpc) is 3.42. The second-order valence-corrected chi connectivity index (χ2v) is 5.76. The van der Waals surface area contributed by atoms with Gasteiger partial charge in [0.05, 0.1) is 19.2 Å². The number of carbonyl (C=O) groups is 2. The van der Waals surface area contributed by atoms with E-state index in [2.05, 4.69) is 21.5 Å². The number of nitrogens with zero attached hydrogens (tertiary/aromatic N) is 2. The number of benzene rings is 1. The van der Waals surface area contributed by atoms with Gasteiger partial charge in [-0.2, -0.15) is 10.2 Å². The molecule has 2 rings (SSSR count). The standard InChI is InChI=1S/C18H21N3O5/c1-3-4-8-18(20-21-18)9-7-16(22)19-10-11-26-14-6-5-13(17(23)24)12-15(14)25-2/h1,5-6,12H,4,7-11H2,2H3,(H,19,22)(H,23,24). The lowest BCUT2D eigenvalue weighted by molar-refractivity contribution is -0.121. The molecule has 0 saturated carbocycles. The molecule has 0 saturated heterocycles. The molecule has 1 aliphatic heterocycles. The van der Waals surface area contributed by atoms with Crippen LogP contribution in [0.1, 0.15) is 36.0 Å². The first-order chi connectivity index (χ1) is 12.5. The summed E-state index contributed by atoms with van der Waals surface area (Å²) in [6.45, 7) is 0.541. The van der Waals surface area contributed by atoms with Crippen molar-refractivity contribution in [2.24, 2.45) is 10.2 Å². The van der Waals surface area contributed by atoms with E-state index in [1.54, 1.807) is 0 Å². The minimum absolute atomic E-state index is 0.108. The average molecular weight is 359 g/mol. The van der Waals surface area contributed by atoms with Gasteiger partial charge in [-0.05, 0) is 18.2 Å². The van der Waals surface area contributed by atoms with Crippen molar-refractivity contribution in [2.45, 2.75) is 31.3 Å². The number of methoxy groups -OCH3 is 1. The lowest BCUT2D eigenvalue weighted by atomic mass is 10.0. The Morgan fingerprint density at radius 2 is 2.08 bits per heavy atom. The molecular weight excluding hydrogens is 338 g/mol. The lowest BCUT2D eigenvalue weighted by Gasteiger charge is -2.12. The van der Waals surface area contributed by atoms with Crippen LogP contribution in [-0.2, 0) is 4.79 Å². The van der Waals surface area contributed by atoms with Gasteiger partial charge in [0.15, 0.2) is 17.2 Å². The lowest BCUT2D eigenvalue weighted by Crippen LogP contribution is -2.29.